The lowest BCUT2D eigenvalue weighted by atomic mass is 9.81. The molecule has 0 amide bonds. The molecular weight excluding hydrogens is 187 g/mol. The van der Waals surface area contributed by atoms with Gasteiger partial charge in [-0.3, -0.25) is 0 Å². The van der Waals surface area contributed by atoms with Gasteiger partial charge in [-0.1, -0.05) is 38.1 Å². The van der Waals surface area contributed by atoms with E-state index in [0.29, 0.717) is 12.2 Å². The molecule has 82 valence electrons. The van der Waals surface area contributed by atoms with Gasteiger partial charge in [-0.25, -0.2) is 0 Å². The first-order valence-electron chi connectivity index (χ1n) is 5.52. The van der Waals surface area contributed by atoms with E-state index in [2.05, 4.69) is 26.0 Å². The second kappa shape index (κ2) is 5.94. The average molecular weight is 206 g/mol. The molecule has 0 bridgehead atoms. The Labute approximate surface area is 92.1 Å². The van der Waals surface area contributed by atoms with E-state index in [9.17, 15) is 0 Å². The summed E-state index contributed by atoms with van der Waals surface area (Å²) in [5.74, 6) is 0.706. The van der Waals surface area contributed by atoms with Gasteiger partial charge < -0.3 is 10.0 Å². The third kappa shape index (κ3) is 5.00. The van der Waals surface area contributed by atoms with Crippen molar-refractivity contribution in [1.29, 1.82) is 0 Å². The predicted molar refractivity (Wildman–Crippen MR) is 63.5 cm³/mol. The van der Waals surface area contributed by atoms with Crippen molar-refractivity contribution in [2.45, 2.75) is 33.0 Å². The Balaban J connectivity index is 2.57. The standard InChI is InChI=1S/C12H19BO2/c1-10(2)6-7-11-4-3-5-12(8-11)9-13(14)15/h3-5,8,10,14-15H,6-7,9H2,1-2H3. The molecule has 0 atom stereocenters. The first kappa shape index (κ1) is 12.3. The van der Waals surface area contributed by atoms with Crippen LogP contribution in [0.25, 0.3) is 0 Å². The van der Waals surface area contributed by atoms with Gasteiger partial charge in [0.2, 0.25) is 0 Å². The first-order chi connectivity index (χ1) is 7.08. The fourth-order valence-electron chi connectivity index (χ4n) is 1.58. The molecule has 0 radical (unpaired) electrons. The van der Waals surface area contributed by atoms with Crippen molar-refractivity contribution in [1.82, 2.24) is 0 Å². The minimum atomic E-state index is -1.25. The van der Waals surface area contributed by atoms with Crippen LogP contribution >= 0.6 is 0 Å². The lowest BCUT2D eigenvalue weighted by molar-refractivity contribution is 0.405. The SMILES string of the molecule is CC(C)CCc1cccc(CB(O)O)c1. The largest absolute Gasteiger partial charge is 0.456 e. The Morgan fingerprint density at radius 3 is 2.47 bits per heavy atom. The number of rotatable bonds is 5. The van der Waals surface area contributed by atoms with Crippen LogP contribution in [-0.2, 0) is 12.7 Å². The highest BCUT2D eigenvalue weighted by molar-refractivity contribution is 6.40. The highest BCUT2D eigenvalue weighted by Crippen LogP contribution is 2.11. The van der Waals surface area contributed by atoms with Gasteiger partial charge in [0.1, 0.15) is 0 Å². The molecule has 1 rings (SSSR count). The van der Waals surface area contributed by atoms with Crippen molar-refractivity contribution in [2.24, 2.45) is 5.92 Å². The third-order valence-electron chi connectivity index (χ3n) is 2.42. The number of aryl methyl sites for hydroxylation is 1. The monoisotopic (exact) mass is 206 g/mol. The summed E-state index contributed by atoms with van der Waals surface area (Å²) in [6.07, 6.45) is 2.55. The number of benzene rings is 1. The van der Waals surface area contributed by atoms with E-state index in [0.717, 1.165) is 12.0 Å². The minimum Gasteiger partial charge on any atom is -0.427 e. The van der Waals surface area contributed by atoms with Crippen LogP contribution in [0.1, 0.15) is 31.4 Å². The molecule has 0 spiro atoms. The molecule has 1 aromatic carbocycles. The van der Waals surface area contributed by atoms with Crippen molar-refractivity contribution < 1.29 is 10.0 Å². The normalized spacial score (nSPS) is 10.7. The zero-order valence-electron chi connectivity index (χ0n) is 9.48. The van der Waals surface area contributed by atoms with Gasteiger partial charge in [0.25, 0.3) is 0 Å². The predicted octanol–water partition coefficient (Wildman–Crippen LogP) is 1.83. The Hall–Kier alpha value is -0.795. The maximum absolute atomic E-state index is 8.87. The van der Waals surface area contributed by atoms with Gasteiger partial charge in [-0.05, 0) is 29.9 Å². The van der Waals surface area contributed by atoms with Crippen molar-refractivity contribution in [3.63, 3.8) is 0 Å². The maximum Gasteiger partial charge on any atom is 0.456 e. The molecule has 0 fully saturated rings. The molecule has 0 aromatic heterocycles. The molecule has 1 aromatic rings. The van der Waals surface area contributed by atoms with Gasteiger partial charge in [0.15, 0.2) is 0 Å². The van der Waals surface area contributed by atoms with E-state index < -0.39 is 7.12 Å². The molecule has 0 saturated heterocycles. The summed E-state index contributed by atoms with van der Waals surface area (Å²) >= 11 is 0. The summed E-state index contributed by atoms with van der Waals surface area (Å²) in [6.45, 7) is 4.42. The summed E-state index contributed by atoms with van der Waals surface area (Å²) in [5, 5.41) is 17.7. The zero-order chi connectivity index (χ0) is 11.3. The summed E-state index contributed by atoms with van der Waals surface area (Å²) in [4.78, 5) is 0. The Bertz CT molecular complexity index is 297. The lowest BCUT2D eigenvalue weighted by Gasteiger charge is -2.06. The van der Waals surface area contributed by atoms with E-state index in [4.69, 9.17) is 10.0 Å². The molecule has 0 aliphatic carbocycles. The van der Waals surface area contributed by atoms with Crippen LogP contribution < -0.4 is 0 Å². The van der Waals surface area contributed by atoms with E-state index in [-0.39, 0.29) is 0 Å². The van der Waals surface area contributed by atoms with Crippen molar-refractivity contribution in [3.8, 4) is 0 Å². The topological polar surface area (TPSA) is 40.5 Å². The molecule has 0 heterocycles. The van der Waals surface area contributed by atoms with E-state index in [1.165, 1.54) is 12.0 Å². The molecule has 0 unspecified atom stereocenters. The second-order valence-electron chi connectivity index (χ2n) is 4.44. The van der Waals surface area contributed by atoms with Crippen molar-refractivity contribution in [2.75, 3.05) is 0 Å². The van der Waals surface area contributed by atoms with Gasteiger partial charge in [-0.2, -0.15) is 0 Å². The van der Waals surface area contributed by atoms with Crippen LogP contribution in [0.5, 0.6) is 0 Å². The number of hydrogen-bond donors (Lipinski definition) is 2. The quantitative estimate of drug-likeness (QED) is 0.721. The van der Waals surface area contributed by atoms with E-state index in [1.54, 1.807) is 0 Å². The van der Waals surface area contributed by atoms with Crippen LogP contribution in [0, 0.1) is 5.92 Å². The molecule has 15 heavy (non-hydrogen) atoms. The van der Waals surface area contributed by atoms with Crippen LogP contribution in [-0.4, -0.2) is 17.2 Å². The fraction of sp³-hybridized carbons (Fsp3) is 0.500. The summed E-state index contributed by atoms with van der Waals surface area (Å²) in [5.41, 5.74) is 2.27. The maximum atomic E-state index is 8.87. The van der Waals surface area contributed by atoms with Crippen molar-refractivity contribution in [3.05, 3.63) is 35.4 Å². The average Bonchev–Trinajstić information content (AvgIpc) is 2.14. The molecule has 2 nitrogen and oxygen atoms in total. The smallest absolute Gasteiger partial charge is 0.427 e. The highest BCUT2D eigenvalue weighted by atomic mass is 16.4. The molecule has 0 saturated carbocycles. The third-order valence-corrected chi connectivity index (χ3v) is 2.42. The summed E-state index contributed by atoms with van der Waals surface area (Å²) < 4.78 is 0. The highest BCUT2D eigenvalue weighted by Gasteiger charge is 2.08. The lowest BCUT2D eigenvalue weighted by Crippen LogP contribution is -2.15. The van der Waals surface area contributed by atoms with Gasteiger partial charge in [0, 0.05) is 6.32 Å². The van der Waals surface area contributed by atoms with E-state index >= 15 is 0 Å². The van der Waals surface area contributed by atoms with Crippen molar-refractivity contribution >= 4 is 7.12 Å². The molecular formula is C12H19BO2. The summed E-state index contributed by atoms with van der Waals surface area (Å²) in [6, 6.07) is 8.06. The van der Waals surface area contributed by atoms with Gasteiger partial charge >= 0.3 is 7.12 Å². The Kier molecular flexibility index (Phi) is 4.86. The second-order valence-corrected chi connectivity index (χ2v) is 4.44. The van der Waals surface area contributed by atoms with Crippen LogP contribution in [0.15, 0.2) is 24.3 Å². The minimum absolute atomic E-state index is 0.315. The molecule has 2 N–H and O–H groups in total. The Morgan fingerprint density at radius 2 is 1.87 bits per heavy atom. The van der Waals surface area contributed by atoms with Gasteiger partial charge in [0.05, 0.1) is 0 Å². The first-order valence-corrected chi connectivity index (χ1v) is 5.52. The number of hydrogen-bond acceptors (Lipinski definition) is 2. The van der Waals surface area contributed by atoms with Crippen LogP contribution in [0.4, 0.5) is 0 Å². The van der Waals surface area contributed by atoms with E-state index in [1.807, 2.05) is 12.1 Å². The zero-order valence-corrected chi connectivity index (χ0v) is 9.48. The molecule has 0 aliphatic rings. The molecule has 0 aliphatic heterocycles. The Morgan fingerprint density at radius 1 is 1.20 bits per heavy atom. The molecule has 3 heteroatoms. The summed E-state index contributed by atoms with van der Waals surface area (Å²) in [7, 11) is -1.25. The van der Waals surface area contributed by atoms with Gasteiger partial charge in [-0.15, -0.1) is 0 Å². The van der Waals surface area contributed by atoms with Crippen LogP contribution in [0.3, 0.4) is 0 Å². The fourth-order valence-corrected chi connectivity index (χ4v) is 1.58. The van der Waals surface area contributed by atoms with Crippen LogP contribution in [0.2, 0.25) is 0 Å².